The molecule has 8 nitrogen and oxygen atoms in total. The number of hydrogen-bond donors (Lipinski definition) is 0. The van der Waals surface area contributed by atoms with E-state index in [2.05, 4.69) is 22.3 Å². The molecule has 2 aromatic heterocycles. The van der Waals surface area contributed by atoms with E-state index in [0.717, 1.165) is 27.4 Å². The zero-order valence-electron chi connectivity index (χ0n) is 18.8. The number of hydrogen-bond acceptors (Lipinski definition) is 6. The lowest BCUT2D eigenvalue weighted by Gasteiger charge is -2.12. The molecule has 0 N–H and O–H groups in total. The maximum absolute atomic E-state index is 12.3. The fourth-order valence-electron chi connectivity index (χ4n) is 3.46. The Bertz CT molecular complexity index is 1360. The van der Waals surface area contributed by atoms with Crippen molar-refractivity contribution in [1.29, 1.82) is 0 Å². The summed E-state index contributed by atoms with van der Waals surface area (Å²) in [6.45, 7) is 2.55. The molecule has 4 rings (SSSR count). The molecule has 170 valence electrons. The molecule has 0 aliphatic rings. The normalized spacial score (nSPS) is 11.0. The molecule has 0 spiro atoms. The molecule has 9 heteroatoms. The van der Waals surface area contributed by atoms with Crippen LogP contribution in [0.3, 0.4) is 0 Å². The van der Waals surface area contributed by atoms with Crippen molar-refractivity contribution in [2.24, 2.45) is 14.1 Å². The maximum atomic E-state index is 12.3. The molecule has 2 aromatic carbocycles. The van der Waals surface area contributed by atoms with Gasteiger partial charge in [0, 0.05) is 43.7 Å². The predicted octanol–water partition coefficient (Wildman–Crippen LogP) is 2.95. The lowest BCUT2D eigenvalue weighted by molar-refractivity contribution is 0.340. The Kier molecular flexibility index (Phi) is 6.79. The topological polar surface area (TPSA) is 83.9 Å². The Balaban J connectivity index is 1.69. The highest BCUT2D eigenvalue weighted by molar-refractivity contribution is 7.98. The van der Waals surface area contributed by atoms with Gasteiger partial charge in [-0.1, -0.05) is 42.1 Å². The van der Waals surface area contributed by atoms with Gasteiger partial charge in [0.05, 0.1) is 6.61 Å². The standard InChI is InChI=1S/C24H25N5O3S/c1-4-32-20-12-10-18(11-13-20)29-21(14-17-8-6-5-7-9-17)25-26-23(29)33-16-19-15-22(30)28(3)24(31)27(19)2/h5-13,15H,4,14,16H2,1-3H3. The van der Waals surface area contributed by atoms with Crippen molar-refractivity contribution >= 4 is 11.8 Å². The Morgan fingerprint density at radius 1 is 0.939 bits per heavy atom. The number of thioether (sulfide) groups is 1. The lowest BCUT2D eigenvalue weighted by Crippen LogP contribution is -2.37. The Morgan fingerprint density at radius 2 is 1.67 bits per heavy atom. The first kappa shape index (κ1) is 22.6. The number of aromatic nitrogens is 5. The summed E-state index contributed by atoms with van der Waals surface area (Å²) in [6.07, 6.45) is 0.617. The number of rotatable bonds is 8. The van der Waals surface area contributed by atoms with Gasteiger partial charge in [0.2, 0.25) is 0 Å². The lowest BCUT2D eigenvalue weighted by atomic mass is 10.1. The minimum Gasteiger partial charge on any atom is -0.494 e. The molecule has 0 fully saturated rings. The monoisotopic (exact) mass is 463 g/mol. The minimum atomic E-state index is -0.351. The fraction of sp³-hybridized carbons (Fsp3) is 0.250. The van der Waals surface area contributed by atoms with E-state index >= 15 is 0 Å². The molecule has 4 aromatic rings. The minimum absolute atomic E-state index is 0.327. The SMILES string of the molecule is CCOc1ccc(-n2c(Cc3ccccc3)nnc2SCc2cc(=O)n(C)c(=O)n2C)cc1. The van der Waals surface area contributed by atoms with Crippen LogP contribution in [0.5, 0.6) is 5.75 Å². The van der Waals surface area contributed by atoms with Crippen LogP contribution in [0.25, 0.3) is 5.69 Å². The second-order valence-electron chi connectivity index (χ2n) is 7.49. The third-order valence-electron chi connectivity index (χ3n) is 5.29. The molecule has 0 atom stereocenters. The van der Waals surface area contributed by atoms with Crippen LogP contribution in [0.15, 0.2) is 75.4 Å². The fourth-order valence-corrected chi connectivity index (χ4v) is 4.45. The summed E-state index contributed by atoms with van der Waals surface area (Å²) in [4.78, 5) is 24.4. The molecule has 0 aliphatic carbocycles. The van der Waals surface area contributed by atoms with Gasteiger partial charge in [-0.05, 0) is 36.8 Å². The summed E-state index contributed by atoms with van der Waals surface area (Å²) in [5.74, 6) is 2.00. The van der Waals surface area contributed by atoms with E-state index in [1.165, 1.54) is 29.4 Å². The van der Waals surface area contributed by atoms with Gasteiger partial charge < -0.3 is 4.74 Å². The van der Waals surface area contributed by atoms with Gasteiger partial charge in [-0.2, -0.15) is 0 Å². The van der Waals surface area contributed by atoms with Crippen molar-refractivity contribution in [3.8, 4) is 11.4 Å². The first-order valence-corrected chi connectivity index (χ1v) is 11.6. The second-order valence-corrected chi connectivity index (χ2v) is 8.43. The summed E-state index contributed by atoms with van der Waals surface area (Å²) < 4.78 is 10.2. The average Bonchev–Trinajstić information content (AvgIpc) is 3.22. The zero-order chi connectivity index (χ0) is 23.4. The maximum Gasteiger partial charge on any atom is 0.330 e. The summed E-state index contributed by atoms with van der Waals surface area (Å²) in [5, 5.41) is 9.56. The first-order chi connectivity index (χ1) is 16.0. The average molecular weight is 464 g/mol. The van der Waals surface area contributed by atoms with Crippen LogP contribution in [0.1, 0.15) is 24.0 Å². The Morgan fingerprint density at radius 3 is 2.36 bits per heavy atom. The van der Waals surface area contributed by atoms with E-state index in [1.54, 1.807) is 7.05 Å². The van der Waals surface area contributed by atoms with Gasteiger partial charge >= 0.3 is 5.69 Å². The number of benzene rings is 2. The van der Waals surface area contributed by atoms with Crippen molar-refractivity contribution < 1.29 is 4.74 Å². The van der Waals surface area contributed by atoms with Crippen molar-refractivity contribution in [1.82, 2.24) is 23.9 Å². The van der Waals surface area contributed by atoms with E-state index in [0.29, 0.717) is 29.6 Å². The van der Waals surface area contributed by atoms with Gasteiger partial charge in [-0.15, -0.1) is 10.2 Å². The summed E-state index contributed by atoms with van der Waals surface area (Å²) in [5.41, 5.74) is 1.98. The largest absolute Gasteiger partial charge is 0.494 e. The van der Waals surface area contributed by atoms with Crippen LogP contribution >= 0.6 is 11.8 Å². The predicted molar refractivity (Wildman–Crippen MR) is 128 cm³/mol. The van der Waals surface area contributed by atoms with Crippen LogP contribution in [0.4, 0.5) is 0 Å². The van der Waals surface area contributed by atoms with E-state index < -0.39 is 0 Å². The molecule has 0 unspecified atom stereocenters. The molecule has 0 saturated heterocycles. The molecular weight excluding hydrogens is 438 g/mol. The van der Waals surface area contributed by atoms with Gasteiger partial charge in [-0.25, -0.2) is 4.79 Å². The zero-order valence-corrected chi connectivity index (χ0v) is 19.6. The molecule has 0 bridgehead atoms. The van der Waals surface area contributed by atoms with Gasteiger partial charge in [0.25, 0.3) is 5.56 Å². The van der Waals surface area contributed by atoms with Crippen LogP contribution in [-0.2, 0) is 26.3 Å². The van der Waals surface area contributed by atoms with E-state index in [9.17, 15) is 9.59 Å². The van der Waals surface area contributed by atoms with Crippen LogP contribution in [-0.4, -0.2) is 30.5 Å². The summed E-state index contributed by atoms with van der Waals surface area (Å²) >= 11 is 1.43. The summed E-state index contributed by atoms with van der Waals surface area (Å²) in [6, 6.07) is 19.4. The van der Waals surface area contributed by atoms with Gasteiger partial charge in [0.15, 0.2) is 5.16 Å². The first-order valence-electron chi connectivity index (χ1n) is 10.6. The van der Waals surface area contributed by atoms with Gasteiger partial charge in [0.1, 0.15) is 11.6 Å². The van der Waals surface area contributed by atoms with Crippen LogP contribution < -0.4 is 16.0 Å². The van der Waals surface area contributed by atoms with E-state index in [4.69, 9.17) is 4.74 Å². The Labute approximate surface area is 195 Å². The van der Waals surface area contributed by atoms with Crippen LogP contribution in [0, 0.1) is 0 Å². The van der Waals surface area contributed by atoms with Crippen LogP contribution in [0.2, 0.25) is 0 Å². The molecular formula is C24H25N5O3S. The van der Waals surface area contributed by atoms with Crippen molar-refractivity contribution in [3.05, 3.63) is 98.6 Å². The Hall–Kier alpha value is -3.59. The van der Waals surface area contributed by atoms with E-state index in [1.807, 2.05) is 54.0 Å². The van der Waals surface area contributed by atoms with Gasteiger partial charge in [-0.3, -0.25) is 18.5 Å². The third-order valence-corrected chi connectivity index (χ3v) is 6.25. The van der Waals surface area contributed by atoms with Crippen molar-refractivity contribution in [2.45, 2.75) is 24.3 Å². The number of ether oxygens (including phenoxy) is 1. The highest BCUT2D eigenvalue weighted by Crippen LogP contribution is 2.27. The molecule has 0 amide bonds. The molecule has 33 heavy (non-hydrogen) atoms. The summed E-state index contributed by atoms with van der Waals surface area (Å²) in [7, 11) is 3.13. The molecule has 0 saturated carbocycles. The van der Waals surface area contributed by atoms with E-state index in [-0.39, 0.29) is 11.2 Å². The highest BCUT2D eigenvalue weighted by atomic mass is 32.2. The third kappa shape index (κ3) is 4.93. The molecule has 0 aliphatic heterocycles. The highest BCUT2D eigenvalue weighted by Gasteiger charge is 2.16. The molecule has 2 heterocycles. The van der Waals surface area contributed by atoms with Crippen molar-refractivity contribution in [2.75, 3.05) is 6.61 Å². The molecule has 0 radical (unpaired) electrons. The van der Waals surface area contributed by atoms with Crippen molar-refractivity contribution in [3.63, 3.8) is 0 Å². The number of nitrogens with zero attached hydrogens (tertiary/aromatic N) is 5. The second kappa shape index (κ2) is 9.91. The quantitative estimate of drug-likeness (QED) is 0.374. The smallest absolute Gasteiger partial charge is 0.330 e.